The van der Waals surface area contributed by atoms with Gasteiger partial charge in [0, 0.05) is 11.8 Å². The van der Waals surface area contributed by atoms with Gasteiger partial charge in [0.1, 0.15) is 23.9 Å². The summed E-state index contributed by atoms with van der Waals surface area (Å²) in [6.07, 6.45) is -0.857. The second kappa shape index (κ2) is 10.8. The third kappa shape index (κ3) is 4.96. The van der Waals surface area contributed by atoms with Gasteiger partial charge in [0.15, 0.2) is 17.8 Å². The first kappa shape index (κ1) is 27.3. The molecule has 9 nitrogen and oxygen atoms in total. The van der Waals surface area contributed by atoms with E-state index in [1.807, 2.05) is 73.9 Å². The topological polar surface area (TPSA) is 104 Å². The number of nitrogens with one attached hydrogen (secondary N) is 1. The predicted octanol–water partition coefficient (Wildman–Crippen LogP) is 4.78. The number of hydrogen-bond donors (Lipinski definition) is 2. The molecule has 4 atom stereocenters. The van der Waals surface area contributed by atoms with Crippen molar-refractivity contribution in [1.82, 2.24) is 9.55 Å². The molecule has 2 aliphatic heterocycles. The number of benzene rings is 3. The van der Waals surface area contributed by atoms with Crippen molar-refractivity contribution < 1.29 is 24.2 Å². The van der Waals surface area contributed by atoms with E-state index >= 15 is 0 Å². The molecule has 0 radical (unpaired) electrons. The van der Waals surface area contributed by atoms with Crippen LogP contribution in [-0.2, 0) is 24.5 Å². The van der Waals surface area contributed by atoms with Crippen LogP contribution in [0.2, 0.25) is 0 Å². The summed E-state index contributed by atoms with van der Waals surface area (Å²) in [5, 5.41) is 9.33. The maximum absolute atomic E-state index is 13.0. The molecule has 0 amide bonds. The van der Waals surface area contributed by atoms with E-state index in [4.69, 9.17) is 18.9 Å². The van der Waals surface area contributed by atoms with Crippen LogP contribution in [0.4, 0.5) is 5.82 Å². The molecule has 0 bridgehead atoms. The summed E-state index contributed by atoms with van der Waals surface area (Å²) < 4.78 is 27.5. The Hall–Kier alpha value is -3.86. The molecular weight excluding hydrogens is 522 g/mol. The van der Waals surface area contributed by atoms with Crippen molar-refractivity contribution in [1.29, 1.82) is 0 Å². The van der Waals surface area contributed by atoms with Crippen LogP contribution in [0.15, 0.2) is 102 Å². The fraction of sp³-hybridized carbons (Fsp3) is 0.312. The minimum absolute atomic E-state index is 0.0861. The van der Waals surface area contributed by atoms with Gasteiger partial charge >= 0.3 is 5.69 Å². The zero-order valence-corrected chi connectivity index (χ0v) is 23.1. The van der Waals surface area contributed by atoms with Crippen molar-refractivity contribution in [2.24, 2.45) is 0 Å². The SMILES string of the molecule is Cc1cn([C@@H]2O[C@H](COC(c3ccccc3)(c3ccccc3)c3ccccc3)[C@H]3OC(C)(C)O[C@H]32)c(=O)nc1NO. The van der Waals surface area contributed by atoms with Crippen molar-refractivity contribution in [2.75, 3.05) is 12.1 Å². The van der Waals surface area contributed by atoms with Crippen molar-refractivity contribution in [2.45, 2.75) is 56.7 Å². The summed E-state index contributed by atoms with van der Waals surface area (Å²) in [4.78, 5) is 16.9. The fourth-order valence-corrected chi connectivity index (χ4v) is 5.85. The molecule has 2 aliphatic rings. The minimum Gasteiger partial charge on any atom is -0.358 e. The Bertz CT molecular complexity index is 1450. The van der Waals surface area contributed by atoms with Gasteiger partial charge in [-0.2, -0.15) is 4.98 Å². The van der Waals surface area contributed by atoms with Gasteiger partial charge in [-0.15, -0.1) is 0 Å². The van der Waals surface area contributed by atoms with Crippen molar-refractivity contribution in [3.05, 3.63) is 130 Å². The van der Waals surface area contributed by atoms with Crippen molar-refractivity contribution >= 4 is 5.82 Å². The first-order valence-corrected chi connectivity index (χ1v) is 13.6. The van der Waals surface area contributed by atoms with Crippen LogP contribution in [0.1, 0.15) is 42.3 Å². The van der Waals surface area contributed by atoms with E-state index in [9.17, 15) is 10.0 Å². The lowest BCUT2D eigenvalue weighted by molar-refractivity contribution is -0.205. The Labute approximate surface area is 238 Å². The molecule has 1 aromatic heterocycles. The first-order valence-electron chi connectivity index (χ1n) is 13.6. The molecule has 0 unspecified atom stereocenters. The predicted molar refractivity (Wildman–Crippen MR) is 152 cm³/mol. The average molecular weight is 556 g/mol. The molecule has 3 aromatic carbocycles. The standard InChI is InChI=1S/C32H33N3O6/c1-21-19-35(30(36)33-28(21)34-37)29-27-26(40-31(2,3)41-27)25(39-29)20-38-32(22-13-7-4-8-14-22,23-15-9-5-10-16-23)24-17-11-6-12-18-24/h4-19,25-27,29,37H,20H2,1-3H3,(H,33,34,36)/t25-,26-,27-,29-/m1/s1. The maximum Gasteiger partial charge on any atom is 0.351 e. The number of ether oxygens (including phenoxy) is 4. The normalized spacial score (nSPS) is 23.3. The minimum atomic E-state index is -0.945. The Morgan fingerprint density at radius 1 is 0.902 bits per heavy atom. The van der Waals surface area contributed by atoms with Crippen LogP contribution >= 0.6 is 0 Å². The molecule has 4 aromatic rings. The van der Waals surface area contributed by atoms with E-state index < -0.39 is 41.6 Å². The van der Waals surface area contributed by atoms with Crippen LogP contribution in [0.25, 0.3) is 0 Å². The van der Waals surface area contributed by atoms with Crippen LogP contribution in [0.3, 0.4) is 0 Å². The molecule has 0 aliphatic carbocycles. The van der Waals surface area contributed by atoms with Gasteiger partial charge in [-0.3, -0.25) is 15.3 Å². The van der Waals surface area contributed by atoms with Gasteiger partial charge in [-0.25, -0.2) is 4.79 Å². The van der Waals surface area contributed by atoms with Crippen LogP contribution < -0.4 is 11.2 Å². The Morgan fingerprint density at radius 3 is 1.93 bits per heavy atom. The van der Waals surface area contributed by atoms with Crippen LogP contribution in [-0.4, -0.2) is 45.5 Å². The third-order valence-corrected chi connectivity index (χ3v) is 7.64. The highest BCUT2D eigenvalue weighted by molar-refractivity contribution is 5.47. The lowest BCUT2D eigenvalue weighted by atomic mass is 9.80. The molecule has 6 rings (SSSR count). The molecule has 3 heterocycles. The molecule has 212 valence electrons. The van der Waals surface area contributed by atoms with Gasteiger partial charge in [0.25, 0.3) is 0 Å². The molecule has 2 saturated heterocycles. The van der Waals surface area contributed by atoms with Gasteiger partial charge in [-0.05, 0) is 37.5 Å². The van der Waals surface area contributed by atoms with Crippen LogP contribution in [0, 0.1) is 6.92 Å². The van der Waals surface area contributed by atoms with E-state index in [2.05, 4.69) is 41.4 Å². The highest BCUT2D eigenvalue weighted by atomic mass is 16.8. The number of rotatable bonds is 8. The van der Waals surface area contributed by atoms with E-state index in [0.29, 0.717) is 5.56 Å². The number of fused-ring (bicyclic) bond motifs is 1. The summed E-state index contributed by atoms with van der Waals surface area (Å²) in [5.41, 5.74) is 3.91. The summed E-state index contributed by atoms with van der Waals surface area (Å²) in [5.74, 6) is -0.799. The van der Waals surface area contributed by atoms with E-state index in [1.165, 1.54) is 4.57 Å². The highest BCUT2D eigenvalue weighted by Crippen LogP contribution is 2.45. The van der Waals surface area contributed by atoms with Gasteiger partial charge in [0.2, 0.25) is 0 Å². The monoisotopic (exact) mass is 555 g/mol. The zero-order chi connectivity index (χ0) is 28.6. The van der Waals surface area contributed by atoms with E-state index in [-0.39, 0.29) is 12.4 Å². The van der Waals surface area contributed by atoms with E-state index in [1.54, 1.807) is 13.1 Å². The third-order valence-electron chi connectivity index (χ3n) is 7.64. The smallest absolute Gasteiger partial charge is 0.351 e. The van der Waals surface area contributed by atoms with Crippen molar-refractivity contribution in [3.63, 3.8) is 0 Å². The highest BCUT2D eigenvalue weighted by Gasteiger charge is 2.57. The van der Waals surface area contributed by atoms with Gasteiger partial charge in [0.05, 0.1) is 6.61 Å². The van der Waals surface area contributed by atoms with Gasteiger partial charge < -0.3 is 18.9 Å². The molecule has 2 N–H and O–H groups in total. The lowest BCUT2D eigenvalue weighted by Gasteiger charge is -2.37. The Morgan fingerprint density at radius 2 is 1.41 bits per heavy atom. The lowest BCUT2D eigenvalue weighted by Crippen LogP contribution is -2.39. The molecule has 2 fully saturated rings. The fourth-order valence-electron chi connectivity index (χ4n) is 5.85. The number of nitrogens with zero attached hydrogens (tertiary/aromatic N) is 2. The summed E-state index contributed by atoms with van der Waals surface area (Å²) >= 11 is 0. The van der Waals surface area contributed by atoms with Crippen molar-refractivity contribution in [3.8, 4) is 0 Å². The largest absolute Gasteiger partial charge is 0.358 e. The molecule has 9 heteroatoms. The number of anilines is 1. The molecular formula is C32H33N3O6. The summed E-state index contributed by atoms with van der Waals surface area (Å²) in [7, 11) is 0. The summed E-state index contributed by atoms with van der Waals surface area (Å²) in [6.45, 7) is 5.56. The Balaban J connectivity index is 1.40. The molecule has 0 saturated carbocycles. The van der Waals surface area contributed by atoms with Gasteiger partial charge in [-0.1, -0.05) is 91.0 Å². The number of hydrogen-bond acceptors (Lipinski definition) is 8. The summed E-state index contributed by atoms with van der Waals surface area (Å²) in [6, 6.07) is 30.3. The maximum atomic E-state index is 13.0. The molecule has 0 spiro atoms. The first-order chi connectivity index (χ1) is 19.8. The second-order valence-electron chi connectivity index (χ2n) is 10.8. The second-order valence-corrected chi connectivity index (χ2v) is 10.8. The quantitative estimate of drug-likeness (QED) is 0.237. The van der Waals surface area contributed by atoms with E-state index in [0.717, 1.165) is 16.7 Å². The zero-order valence-electron chi connectivity index (χ0n) is 23.1. The number of aromatic nitrogens is 2. The number of aryl methyl sites for hydroxylation is 1. The average Bonchev–Trinajstić information content (AvgIpc) is 3.49. The van der Waals surface area contributed by atoms with Crippen LogP contribution in [0.5, 0.6) is 0 Å². The Kier molecular flexibility index (Phi) is 7.23. The molecule has 41 heavy (non-hydrogen) atoms.